The number of aryl methyl sites for hydroxylation is 2. The van der Waals surface area contributed by atoms with Crippen LogP contribution in [0.15, 0.2) is 11.2 Å². The van der Waals surface area contributed by atoms with Gasteiger partial charge in [-0.2, -0.15) is 0 Å². The minimum atomic E-state index is -0.309. The maximum Gasteiger partial charge on any atom is 0.230 e. The van der Waals surface area contributed by atoms with Gasteiger partial charge in [-0.3, -0.25) is 4.79 Å². The molecule has 120 valence electrons. The molecule has 0 aliphatic heterocycles. The largest absolute Gasteiger partial charge is 0.354 e. The van der Waals surface area contributed by atoms with Crippen molar-refractivity contribution in [2.75, 3.05) is 12.3 Å². The van der Waals surface area contributed by atoms with E-state index >= 15 is 0 Å². The summed E-state index contributed by atoms with van der Waals surface area (Å²) < 4.78 is 0. The zero-order valence-electron chi connectivity index (χ0n) is 13.1. The molecule has 21 heavy (non-hydrogen) atoms. The van der Waals surface area contributed by atoms with Gasteiger partial charge in [-0.05, 0) is 32.8 Å². The Morgan fingerprint density at radius 3 is 2.29 bits per heavy atom. The SMILES string of the molecule is CCC(N)(CC)CNC(=O)CSc1nc(C)cc(C)n1.Cl. The van der Waals surface area contributed by atoms with Gasteiger partial charge in [-0.1, -0.05) is 25.6 Å². The number of nitrogens with two attached hydrogens (primary N) is 1. The fourth-order valence-electron chi connectivity index (χ4n) is 1.71. The van der Waals surface area contributed by atoms with Crippen LogP contribution in [0.5, 0.6) is 0 Å². The van der Waals surface area contributed by atoms with Crippen molar-refractivity contribution >= 4 is 30.1 Å². The summed E-state index contributed by atoms with van der Waals surface area (Å²) in [5, 5.41) is 3.53. The van der Waals surface area contributed by atoms with Crippen molar-refractivity contribution in [1.29, 1.82) is 0 Å². The molecule has 1 amide bonds. The first-order valence-electron chi connectivity index (χ1n) is 6.89. The van der Waals surface area contributed by atoms with Crippen LogP contribution in [-0.4, -0.2) is 33.7 Å². The Labute approximate surface area is 137 Å². The quantitative estimate of drug-likeness (QED) is 0.591. The molecule has 0 aromatic carbocycles. The molecule has 1 heterocycles. The topological polar surface area (TPSA) is 80.9 Å². The number of amides is 1. The van der Waals surface area contributed by atoms with E-state index in [0.717, 1.165) is 24.2 Å². The van der Waals surface area contributed by atoms with Gasteiger partial charge in [-0.25, -0.2) is 9.97 Å². The highest BCUT2D eigenvalue weighted by Crippen LogP contribution is 2.14. The van der Waals surface area contributed by atoms with Crippen LogP contribution >= 0.6 is 24.2 Å². The van der Waals surface area contributed by atoms with Crippen LogP contribution in [0.25, 0.3) is 0 Å². The van der Waals surface area contributed by atoms with Gasteiger partial charge in [0.25, 0.3) is 0 Å². The third-order valence-electron chi connectivity index (χ3n) is 3.34. The van der Waals surface area contributed by atoms with Gasteiger partial charge in [0.1, 0.15) is 0 Å². The van der Waals surface area contributed by atoms with E-state index in [1.54, 1.807) is 0 Å². The van der Waals surface area contributed by atoms with Crippen LogP contribution in [0, 0.1) is 13.8 Å². The van der Waals surface area contributed by atoms with Crippen LogP contribution in [0.4, 0.5) is 0 Å². The number of nitrogens with one attached hydrogen (secondary N) is 1. The minimum absolute atomic E-state index is 0. The van der Waals surface area contributed by atoms with Gasteiger partial charge in [-0.15, -0.1) is 12.4 Å². The molecule has 0 radical (unpaired) electrons. The lowest BCUT2D eigenvalue weighted by molar-refractivity contribution is -0.118. The van der Waals surface area contributed by atoms with Crippen molar-refractivity contribution in [3.05, 3.63) is 17.5 Å². The number of rotatable bonds is 7. The summed E-state index contributed by atoms with van der Waals surface area (Å²) in [5.41, 5.74) is 7.67. The third kappa shape index (κ3) is 7.11. The normalized spacial score (nSPS) is 10.9. The summed E-state index contributed by atoms with van der Waals surface area (Å²) in [6.45, 7) is 8.42. The number of hydrogen-bond acceptors (Lipinski definition) is 5. The summed E-state index contributed by atoms with van der Waals surface area (Å²) in [7, 11) is 0. The Morgan fingerprint density at radius 1 is 1.29 bits per heavy atom. The molecule has 1 rings (SSSR count). The standard InChI is InChI=1S/C14H24N4OS.ClH/c1-5-14(15,6-2)9-16-12(19)8-20-13-17-10(3)7-11(4)18-13;/h7H,5-6,8-9,15H2,1-4H3,(H,16,19);1H. The molecule has 0 aliphatic carbocycles. The van der Waals surface area contributed by atoms with Gasteiger partial charge < -0.3 is 11.1 Å². The van der Waals surface area contributed by atoms with Crippen LogP contribution in [0.3, 0.4) is 0 Å². The molecule has 1 aromatic heterocycles. The Hall–Kier alpha value is -0.850. The summed E-state index contributed by atoms with van der Waals surface area (Å²) in [4.78, 5) is 20.4. The highest BCUT2D eigenvalue weighted by molar-refractivity contribution is 7.99. The van der Waals surface area contributed by atoms with E-state index in [4.69, 9.17) is 5.73 Å². The van der Waals surface area contributed by atoms with Crippen molar-refractivity contribution < 1.29 is 4.79 Å². The maximum absolute atomic E-state index is 11.8. The van der Waals surface area contributed by atoms with Gasteiger partial charge in [0.05, 0.1) is 5.75 Å². The molecule has 7 heteroatoms. The van der Waals surface area contributed by atoms with Crippen LogP contribution < -0.4 is 11.1 Å². The van der Waals surface area contributed by atoms with Crippen molar-refractivity contribution in [1.82, 2.24) is 15.3 Å². The summed E-state index contributed by atoms with van der Waals surface area (Å²) >= 11 is 1.35. The molecular weight excluding hydrogens is 308 g/mol. The van der Waals surface area contributed by atoms with E-state index < -0.39 is 0 Å². The van der Waals surface area contributed by atoms with Crippen molar-refractivity contribution in [2.45, 2.75) is 51.2 Å². The molecule has 0 atom stereocenters. The van der Waals surface area contributed by atoms with Gasteiger partial charge in [0.2, 0.25) is 5.91 Å². The first kappa shape index (κ1) is 20.1. The van der Waals surface area contributed by atoms with Gasteiger partial charge >= 0.3 is 0 Å². The summed E-state index contributed by atoms with van der Waals surface area (Å²) in [5.74, 6) is 0.279. The number of carbonyl (C=O) groups is 1. The molecule has 0 saturated heterocycles. The summed E-state index contributed by atoms with van der Waals surface area (Å²) in [6.07, 6.45) is 1.69. The number of halogens is 1. The van der Waals surface area contributed by atoms with E-state index in [-0.39, 0.29) is 23.9 Å². The molecule has 0 fully saturated rings. The van der Waals surface area contributed by atoms with Crippen LogP contribution in [0.1, 0.15) is 38.1 Å². The maximum atomic E-state index is 11.8. The first-order chi connectivity index (χ1) is 9.38. The predicted octanol–water partition coefficient (Wildman–Crippen LogP) is 2.24. The Kier molecular flexibility index (Phi) is 8.85. The zero-order valence-corrected chi connectivity index (χ0v) is 14.7. The first-order valence-corrected chi connectivity index (χ1v) is 7.87. The molecule has 0 saturated carbocycles. The fraction of sp³-hybridized carbons (Fsp3) is 0.643. The van der Waals surface area contributed by atoms with E-state index in [0.29, 0.717) is 17.5 Å². The molecule has 3 N–H and O–H groups in total. The molecule has 0 unspecified atom stereocenters. The zero-order chi connectivity index (χ0) is 15.2. The lowest BCUT2D eigenvalue weighted by Gasteiger charge is -2.26. The fourth-order valence-corrected chi connectivity index (χ4v) is 2.49. The minimum Gasteiger partial charge on any atom is -0.354 e. The molecule has 0 spiro atoms. The number of nitrogens with zero attached hydrogens (tertiary/aromatic N) is 2. The highest BCUT2D eigenvalue weighted by atomic mass is 35.5. The second-order valence-electron chi connectivity index (χ2n) is 5.07. The highest BCUT2D eigenvalue weighted by Gasteiger charge is 2.20. The average molecular weight is 333 g/mol. The van der Waals surface area contributed by atoms with E-state index in [2.05, 4.69) is 15.3 Å². The lowest BCUT2D eigenvalue weighted by Crippen LogP contribution is -2.49. The second-order valence-corrected chi connectivity index (χ2v) is 6.01. The lowest BCUT2D eigenvalue weighted by atomic mass is 9.94. The number of carbonyl (C=O) groups excluding carboxylic acids is 1. The number of thioether (sulfide) groups is 1. The number of hydrogen-bond donors (Lipinski definition) is 2. The Balaban J connectivity index is 0.00000400. The molecule has 0 bridgehead atoms. The Bertz CT molecular complexity index is 446. The molecule has 0 aliphatic rings. The predicted molar refractivity (Wildman–Crippen MR) is 90.0 cm³/mol. The smallest absolute Gasteiger partial charge is 0.230 e. The van der Waals surface area contributed by atoms with E-state index in [9.17, 15) is 4.79 Å². The van der Waals surface area contributed by atoms with E-state index in [1.807, 2.05) is 33.8 Å². The average Bonchev–Trinajstić information content (AvgIpc) is 2.41. The number of aromatic nitrogens is 2. The van der Waals surface area contributed by atoms with Gasteiger partial charge in [0.15, 0.2) is 5.16 Å². The van der Waals surface area contributed by atoms with Crippen LogP contribution in [0.2, 0.25) is 0 Å². The Morgan fingerprint density at radius 2 is 1.81 bits per heavy atom. The van der Waals surface area contributed by atoms with E-state index in [1.165, 1.54) is 11.8 Å². The van der Waals surface area contributed by atoms with Crippen LogP contribution in [-0.2, 0) is 4.79 Å². The molecule has 5 nitrogen and oxygen atoms in total. The van der Waals surface area contributed by atoms with Crippen molar-refractivity contribution in [3.63, 3.8) is 0 Å². The second kappa shape index (κ2) is 9.23. The molecular formula is C14H25ClN4OS. The van der Waals surface area contributed by atoms with Crippen molar-refractivity contribution in [3.8, 4) is 0 Å². The summed E-state index contributed by atoms with van der Waals surface area (Å²) in [6, 6.07) is 1.91. The van der Waals surface area contributed by atoms with Gasteiger partial charge in [0, 0.05) is 23.5 Å². The van der Waals surface area contributed by atoms with Crippen molar-refractivity contribution in [2.24, 2.45) is 5.73 Å². The third-order valence-corrected chi connectivity index (χ3v) is 4.19. The monoisotopic (exact) mass is 332 g/mol. The molecule has 1 aromatic rings.